The Hall–Kier alpha value is -1.48. The van der Waals surface area contributed by atoms with Crippen LogP contribution in [0.1, 0.15) is 51.0 Å². The molecular weight excluding hydrogens is 412 g/mol. The smallest absolute Gasteiger partial charge is 0.243 e. The van der Waals surface area contributed by atoms with Gasteiger partial charge in [0.15, 0.2) is 0 Å². The van der Waals surface area contributed by atoms with E-state index >= 15 is 0 Å². The molecule has 1 N–H and O–H groups in total. The number of amides is 1. The SMILES string of the molecule is CC(C)c1ccc(S(=O)(=O)N(CCCN2CCCCC2)CC(=O)N2CCNCC2)cc1. The summed E-state index contributed by atoms with van der Waals surface area (Å²) in [4.78, 5) is 17.3. The van der Waals surface area contributed by atoms with Crippen LogP contribution in [0.5, 0.6) is 0 Å². The molecule has 1 aromatic carbocycles. The molecule has 1 aromatic rings. The number of nitrogens with zero attached hydrogens (tertiary/aromatic N) is 3. The first-order chi connectivity index (χ1) is 14.9. The monoisotopic (exact) mass is 450 g/mol. The first kappa shape index (κ1) is 24.2. The lowest BCUT2D eigenvalue weighted by Crippen LogP contribution is -2.50. The van der Waals surface area contributed by atoms with Gasteiger partial charge >= 0.3 is 0 Å². The van der Waals surface area contributed by atoms with Gasteiger partial charge in [0, 0.05) is 32.7 Å². The summed E-state index contributed by atoms with van der Waals surface area (Å²) in [5.74, 6) is 0.230. The molecule has 0 bridgehead atoms. The van der Waals surface area contributed by atoms with Gasteiger partial charge in [-0.05, 0) is 62.5 Å². The van der Waals surface area contributed by atoms with Crippen molar-refractivity contribution >= 4 is 15.9 Å². The minimum atomic E-state index is -3.73. The van der Waals surface area contributed by atoms with Gasteiger partial charge in [-0.1, -0.05) is 32.4 Å². The van der Waals surface area contributed by atoms with E-state index in [-0.39, 0.29) is 17.3 Å². The number of hydrogen-bond donors (Lipinski definition) is 1. The van der Waals surface area contributed by atoms with Crippen LogP contribution in [0, 0.1) is 0 Å². The molecule has 1 amide bonds. The summed E-state index contributed by atoms with van der Waals surface area (Å²) in [5, 5.41) is 3.23. The Morgan fingerprint density at radius 1 is 1.03 bits per heavy atom. The van der Waals surface area contributed by atoms with E-state index in [1.807, 2.05) is 12.1 Å². The third-order valence-electron chi connectivity index (χ3n) is 6.30. The second-order valence-corrected chi connectivity index (χ2v) is 10.9. The zero-order chi connectivity index (χ0) is 22.3. The van der Waals surface area contributed by atoms with Crippen molar-refractivity contribution in [2.24, 2.45) is 0 Å². The molecule has 2 aliphatic rings. The van der Waals surface area contributed by atoms with Crippen molar-refractivity contribution in [1.29, 1.82) is 0 Å². The summed E-state index contributed by atoms with van der Waals surface area (Å²) in [6.07, 6.45) is 4.44. The van der Waals surface area contributed by atoms with Gasteiger partial charge in [-0.25, -0.2) is 8.42 Å². The highest BCUT2D eigenvalue weighted by molar-refractivity contribution is 7.89. The molecule has 0 saturated carbocycles. The summed E-state index contributed by atoms with van der Waals surface area (Å²) in [7, 11) is -3.73. The van der Waals surface area contributed by atoms with Gasteiger partial charge in [0.1, 0.15) is 0 Å². The van der Waals surface area contributed by atoms with E-state index in [0.717, 1.165) is 44.7 Å². The molecule has 0 spiro atoms. The minimum absolute atomic E-state index is 0.0890. The standard InChI is InChI=1S/C23H38N4O3S/c1-20(2)21-7-9-22(10-8-21)31(29,30)27(16-6-15-25-13-4-3-5-14-25)19-23(28)26-17-11-24-12-18-26/h7-10,20,24H,3-6,11-19H2,1-2H3. The predicted octanol–water partition coefficient (Wildman–Crippen LogP) is 2.11. The third kappa shape index (κ3) is 6.75. The van der Waals surface area contributed by atoms with Crippen molar-refractivity contribution < 1.29 is 13.2 Å². The number of piperazine rings is 1. The average Bonchev–Trinajstić information content (AvgIpc) is 2.79. The maximum absolute atomic E-state index is 13.4. The quantitative estimate of drug-likeness (QED) is 0.624. The second-order valence-electron chi connectivity index (χ2n) is 8.95. The van der Waals surface area contributed by atoms with Crippen LogP contribution in [0.2, 0.25) is 0 Å². The average molecular weight is 451 g/mol. The first-order valence-corrected chi connectivity index (χ1v) is 13.1. The van der Waals surface area contributed by atoms with Gasteiger partial charge in [-0.3, -0.25) is 4.79 Å². The maximum Gasteiger partial charge on any atom is 0.243 e. The minimum Gasteiger partial charge on any atom is -0.339 e. The number of carbonyl (C=O) groups excluding carboxylic acids is 1. The molecule has 0 radical (unpaired) electrons. The Labute approximate surface area is 187 Å². The number of benzene rings is 1. The van der Waals surface area contributed by atoms with Crippen LogP contribution in [-0.2, 0) is 14.8 Å². The molecule has 2 fully saturated rings. The number of likely N-dealkylation sites (tertiary alicyclic amines) is 1. The molecule has 7 nitrogen and oxygen atoms in total. The topological polar surface area (TPSA) is 73.0 Å². The number of piperidine rings is 1. The van der Waals surface area contributed by atoms with E-state index in [1.54, 1.807) is 17.0 Å². The number of sulfonamides is 1. The summed E-state index contributed by atoms with van der Waals surface area (Å²) >= 11 is 0. The molecule has 2 saturated heterocycles. The summed E-state index contributed by atoms with van der Waals surface area (Å²) in [6, 6.07) is 7.11. The molecule has 174 valence electrons. The van der Waals surface area contributed by atoms with Crippen LogP contribution >= 0.6 is 0 Å². The molecule has 2 aliphatic heterocycles. The van der Waals surface area contributed by atoms with E-state index in [0.29, 0.717) is 25.6 Å². The van der Waals surface area contributed by atoms with Gasteiger partial charge in [0.25, 0.3) is 0 Å². The Kier molecular flexibility index (Phi) is 8.89. The van der Waals surface area contributed by atoms with Crippen LogP contribution in [0.4, 0.5) is 0 Å². The van der Waals surface area contributed by atoms with Gasteiger partial charge in [-0.15, -0.1) is 0 Å². The highest BCUT2D eigenvalue weighted by Crippen LogP contribution is 2.21. The molecule has 8 heteroatoms. The Balaban J connectivity index is 1.71. The van der Waals surface area contributed by atoms with E-state index in [1.165, 1.54) is 23.6 Å². The van der Waals surface area contributed by atoms with E-state index in [2.05, 4.69) is 24.1 Å². The van der Waals surface area contributed by atoms with Crippen LogP contribution in [0.15, 0.2) is 29.2 Å². The molecule has 2 heterocycles. The number of hydrogen-bond acceptors (Lipinski definition) is 5. The van der Waals surface area contributed by atoms with E-state index in [9.17, 15) is 13.2 Å². The van der Waals surface area contributed by atoms with Crippen molar-refractivity contribution in [3.63, 3.8) is 0 Å². The lowest BCUT2D eigenvalue weighted by atomic mass is 10.0. The van der Waals surface area contributed by atoms with Gasteiger partial charge in [0.05, 0.1) is 11.4 Å². The zero-order valence-corrected chi connectivity index (χ0v) is 19.9. The number of rotatable bonds is 9. The number of nitrogens with one attached hydrogen (secondary N) is 1. The lowest BCUT2D eigenvalue weighted by Gasteiger charge is -2.31. The van der Waals surface area contributed by atoms with E-state index in [4.69, 9.17) is 0 Å². The van der Waals surface area contributed by atoms with Crippen LogP contribution in [0.3, 0.4) is 0 Å². The van der Waals surface area contributed by atoms with Crippen molar-refractivity contribution in [3.8, 4) is 0 Å². The predicted molar refractivity (Wildman–Crippen MR) is 124 cm³/mol. The van der Waals surface area contributed by atoms with Gasteiger partial charge < -0.3 is 15.1 Å². The number of carbonyl (C=O) groups is 1. The molecule has 0 aliphatic carbocycles. The molecule has 0 aromatic heterocycles. The zero-order valence-electron chi connectivity index (χ0n) is 19.1. The summed E-state index contributed by atoms with van der Waals surface area (Å²) in [6.45, 7) is 10.3. The summed E-state index contributed by atoms with van der Waals surface area (Å²) in [5.41, 5.74) is 1.10. The van der Waals surface area contributed by atoms with Crippen LogP contribution in [0.25, 0.3) is 0 Å². The van der Waals surface area contributed by atoms with Crippen molar-refractivity contribution in [3.05, 3.63) is 29.8 Å². The van der Waals surface area contributed by atoms with Gasteiger partial charge in [0.2, 0.25) is 15.9 Å². The fourth-order valence-electron chi connectivity index (χ4n) is 4.28. The molecule has 0 unspecified atom stereocenters. The second kappa shape index (κ2) is 11.4. The van der Waals surface area contributed by atoms with Crippen LogP contribution in [-0.4, -0.2) is 87.3 Å². The molecule has 31 heavy (non-hydrogen) atoms. The van der Waals surface area contributed by atoms with Crippen molar-refractivity contribution in [1.82, 2.24) is 19.4 Å². The van der Waals surface area contributed by atoms with Crippen LogP contribution < -0.4 is 5.32 Å². The molecule has 0 atom stereocenters. The third-order valence-corrected chi connectivity index (χ3v) is 8.16. The Bertz CT molecular complexity index is 799. The van der Waals surface area contributed by atoms with E-state index < -0.39 is 10.0 Å². The lowest BCUT2D eigenvalue weighted by molar-refractivity contribution is -0.132. The first-order valence-electron chi connectivity index (χ1n) is 11.7. The largest absolute Gasteiger partial charge is 0.339 e. The molecule has 3 rings (SSSR count). The summed E-state index contributed by atoms with van der Waals surface area (Å²) < 4.78 is 28.3. The Morgan fingerprint density at radius 3 is 2.29 bits per heavy atom. The van der Waals surface area contributed by atoms with Crippen molar-refractivity contribution in [2.75, 3.05) is 58.9 Å². The fourth-order valence-corrected chi connectivity index (χ4v) is 5.70. The highest BCUT2D eigenvalue weighted by Gasteiger charge is 2.29. The molecular formula is C23H38N4O3S. The normalized spacial score (nSPS) is 18.6. The highest BCUT2D eigenvalue weighted by atomic mass is 32.2. The van der Waals surface area contributed by atoms with Gasteiger partial charge in [-0.2, -0.15) is 4.31 Å². The fraction of sp³-hybridized carbons (Fsp3) is 0.696. The van der Waals surface area contributed by atoms with Crippen molar-refractivity contribution in [2.45, 2.75) is 50.3 Å². The Morgan fingerprint density at radius 2 is 1.68 bits per heavy atom. The maximum atomic E-state index is 13.4.